The van der Waals surface area contributed by atoms with Gasteiger partial charge in [0.05, 0.1) is 0 Å². The molecule has 3 aromatic rings. The van der Waals surface area contributed by atoms with Crippen molar-refractivity contribution in [2.24, 2.45) is 0 Å². The van der Waals surface area contributed by atoms with Crippen molar-refractivity contribution in [1.29, 1.82) is 0 Å². The minimum Gasteiger partial charge on any atom is -0.458 e. The van der Waals surface area contributed by atoms with Crippen LogP contribution in [0.1, 0.15) is 52.2 Å². The van der Waals surface area contributed by atoms with Gasteiger partial charge in [-0.05, 0) is 69.0 Å². The largest absolute Gasteiger partial charge is 0.458 e. The molecule has 0 aromatic heterocycles. The Morgan fingerprint density at radius 2 is 1.35 bits per heavy atom. The lowest BCUT2D eigenvalue weighted by Crippen LogP contribution is -2.49. The molecule has 0 aliphatic heterocycles. The third-order valence-electron chi connectivity index (χ3n) is 6.40. The van der Waals surface area contributed by atoms with Gasteiger partial charge in [-0.15, -0.1) is 0 Å². The van der Waals surface area contributed by atoms with Crippen LogP contribution in [0.5, 0.6) is 0 Å². The van der Waals surface area contributed by atoms with E-state index in [1.807, 2.05) is 18.2 Å². The second-order valence-corrected chi connectivity index (χ2v) is 12.0. The number of ether oxygens (including phenoxy) is 3. The lowest BCUT2D eigenvalue weighted by molar-refractivity contribution is -0.172. The molecule has 2 atom stereocenters. The molecular weight excluding hydrogens is 556 g/mol. The van der Waals surface area contributed by atoms with E-state index in [4.69, 9.17) is 14.2 Å². The molecule has 0 spiro atoms. The predicted molar refractivity (Wildman–Crippen MR) is 159 cm³/mol. The second-order valence-electron chi connectivity index (χ2n) is 12.0. The molecule has 0 aliphatic carbocycles. The van der Waals surface area contributed by atoms with E-state index in [1.54, 1.807) is 69.3 Å². The Hall–Kier alpha value is -4.27. The number of carbonyl (C=O) groups excluding carboxylic acids is 3. The van der Waals surface area contributed by atoms with Crippen molar-refractivity contribution in [3.8, 4) is 11.1 Å². The fraction of sp³-hybridized carbons (Fsp3) is 0.382. The Morgan fingerprint density at radius 1 is 0.791 bits per heavy atom. The number of hydrogen-bond donors (Lipinski definition) is 0. The number of alkyl halides is 1. The summed E-state index contributed by atoms with van der Waals surface area (Å²) in [4.78, 5) is 40.5. The molecule has 0 N–H and O–H groups in total. The second kappa shape index (κ2) is 14.3. The summed E-state index contributed by atoms with van der Waals surface area (Å²) < 4.78 is 44.7. The Balaban J connectivity index is 1.84. The number of halogens is 2. The molecule has 0 heterocycles. The molecule has 0 saturated carbocycles. The normalized spacial score (nSPS) is 13.0. The van der Waals surface area contributed by atoms with E-state index < -0.39 is 41.4 Å². The van der Waals surface area contributed by atoms with E-state index in [2.05, 4.69) is 0 Å². The number of hydrogen-bond acceptors (Lipinski definition) is 6. The molecule has 230 valence electrons. The van der Waals surface area contributed by atoms with Crippen LogP contribution in [0.2, 0.25) is 0 Å². The lowest BCUT2D eigenvalue weighted by Gasteiger charge is -2.32. The van der Waals surface area contributed by atoms with E-state index in [0.29, 0.717) is 5.56 Å². The lowest BCUT2D eigenvalue weighted by atomic mass is 9.99. The van der Waals surface area contributed by atoms with Crippen molar-refractivity contribution in [1.82, 2.24) is 4.90 Å². The van der Waals surface area contributed by atoms with Gasteiger partial charge in [-0.25, -0.2) is 23.2 Å². The van der Waals surface area contributed by atoms with Gasteiger partial charge < -0.3 is 14.2 Å². The molecule has 1 amide bonds. The number of nitrogens with zero attached hydrogens (tertiary/aromatic N) is 1. The Bertz CT molecular complexity index is 1360. The summed E-state index contributed by atoms with van der Waals surface area (Å²) in [6.07, 6.45) is -2.64. The van der Waals surface area contributed by atoms with E-state index in [-0.39, 0.29) is 25.3 Å². The first kappa shape index (κ1) is 33.2. The molecule has 9 heteroatoms. The minimum absolute atomic E-state index is 0.0368. The molecular formula is C34H39F2NO6. The summed E-state index contributed by atoms with van der Waals surface area (Å²) in [6, 6.07) is 20.8. The molecule has 3 aromatic carbocycles. The van der Waals surface area contributed by atoms with Gasteiger partial charge >= 0.3 is 18.0 Å². The van der Waals surface area contributed by atoms with Crippen molar-refractivity contribution in [3.63, 3.8) is 0 Å². The van der Waals surface area contributed by atoms with Gasteiger partial charge in [-0.1, -0.05) is 66.7 Å². The van der Waals surface area contributed by atoms with Gasteiger partial charge in [0, 0.05) is 19.9 Å². The molecule has 7 nitrogen and oxygen atoms in total. The van der Waals surface area contributed by atoms with Crippen molar-refractivity contribution < 1.29 is 37.4 Å². The summed E-state index contributed by atoms with van der Waals surface area (Å²) in [7, 11) is 1.32. The van der Waals surface area contributed by atoms with E-state index >= 15 is 0 Å². The van der Waals surface area contributed by atoms with Crippen LogP contribution in [0, 0.1) is 5.82 Å². The highest BCUT2D eigenvalue weighted by molar-refractivity contribution is 5.85. The first-order chi connectivity index (χ1) is 20.1. The molecule has 0 radical (unpaired) electrons. The summed E-state index contributed by atoms with van der Waals surface area (Å²) >= 11 is 0. The van der Waals surface area contributed by atoms with Crippen molar-refractivity contribution >= 4 is 18.0 Å². The maximum atomic E-state index is 14.8. The van der Waals surface area contributed by atoms with Crippen LogP contribution in [0.3, 0.4) is 0 Å². The van der Waals surface area contributed by atoms with Gasteiger partial charge in [0.2, 0.25) is 6.10 Å². The van der Waals surface area contributed by atoms with Crippen molar-refractivity contribution in [2.75, 3.05) is 7.05 Å². The highest BCUT2D eigenvalue weighted by Gasteiger charge is 2.38. The highest BCUT2D eigenvalue weighted by atomic mass is 19.1. The molecule has 0 fully saturated rings. The molecule has 43 heavy (non-hydrogen) atoms. The zero-order valence-corrected chi connectivity index (χ0v) is 25.4. The van der Waals surface area contributed by atoms with Crippen molar-refractivity contribution in [3.05, 3.63) is 95.8 Å². The van der Waals surface area contributed by atoms with Crippen LogP contribution in [0.4, 0.5) is 13.6 Å². The first-order valence-corrected chi connectivity index (χ1v) is 14.0. The maximum absolute atomic E-state index is 14.8. The summed E-state index contributed by atoms with van der Waals surface area (Å²) in [5, 5.41) is 0. The summed E-state index contributed by atoms with van der Waals surface area (Å²) in [5.74, 6) is -2.10. The molecule has 0 unspecified atom stereocenters. The van der Waals surface area contributed by atoms with Crippen LogP contribution in [-0.2, 0) is 36.8 Å². The van der Waals surface area contributed by atoms with E-state index in [0.717, 1.165) is 21.6 Å². The Labute approximate surface area is 251 Å². The number of esters is 2. The monoisotopic (exact) mass is 595 g/mol. The first-order valence-electron chi connectivity index (χ1n) is 14.0. The average molecular weight is 596 g/mol. The quantitative estimate of drug-likeness (QED) is 0.174. The SMILES string of the molecule is CN(C(=O)OC(C)(C)C)[C@@H](CC(C)(C)F)C(=O)O[C@H](Cc1ccc(-c2ccc(F)cc2)cc1)C(=O)OCc1ccccc1. The number of rotatable bonds is 11. The average Bonchev–Trinajstić information content (AvgIpc) is 2.94. The number of benzene rings is 3. The van der Waals surface area contributed by atoms with Gasteiger partial charge in [0.25, 0.3) is 0 Å². The molecule has 3 rings (SSSR count). The number of likely N-dealkylation sites (N-methyl/N-ethyl adjacent to an activating group) is 1. The van der Waals surface area contributed by atoms with Crippen LogP contribution in [0.15, 0.2) is 78.9 Å². The Morgan fingerprint density at radius 3 is 1.88 bits per heavy atom. The fourth-order valence-corrected chi connectivity index (χ4v) is 4.20. The minimum atomic E-state index is -1.85. The van der Waals surface area contributed by atoms with Crippen LogP contribution >= 0.6 is 0 Å². The smallest absolute Gasteiger partial charge is 0.410 e. The predicted octanol–water partition coefficient (Wildman–Crippen LogP) is 7.06. The summed E-state index contributed by atoms with van der Waals surface area (Å²) in [6.45, 7) is 7.53. The van der Waals surface area contributed by atoms with E-state index in [9.17, 15) is 23.2 Å². The van der Waals surface area contributed by atoms with Gasteiger partial charge in [-0.2, -0.15) is 0 Å². The Kier molecular flexibility index (Phi) is 11.0. The zero-order valence-electron chi connectivity index (χ0n) is 25.4. The zero-order chi connectivity index (χ0) is 31.8. The van der Waals surface area contributed by atoms with Crippen LogP contribution in [0.25, 0.3) is 11.1 Å². The van der Waals surface area contributed by atoms with E-state index in [1.165, 1.54) is 33.0 Å². The van der Waals surface area contributed by atoms with Gasteiger partial charge in [0.1, 0.15) is 29.7 Å². The van der Waals surface area contributed by atoms with Crippen LogP contribution in [-0.4, -0.2) is 53.4 Å². The fourth-order valence-electron chi connectivity index (χ4n) is 4.20. The van der Waals surface area contributed by atoms with Gasteiger partial charge in [0.15, 0.2) is 0 Å². The number of carbonyl (C=O) groups is 3. The topological polar surface area (TPSA) is 82.1 Å². The third-order valence-corrected chi connectivity index (χ3v) is 6.40. The summed E-state index contributed by atoms with van der Waals surface area (Å²) in [5.41, 5.74) is 0.330. The molecule has 0 bridgehead atoms. The van der Waals surface area contributed by atoms with Gasteiger partial charge in [-0.3, -0.25) is 4.90 Å². The maximum Gasteiger partial charge on any atom is 0.410 e. The van der Waals surface area contributed by atoms with Crippen LogP contribution < -0.4 is 0 Å². The molecule has 0 aliphatic rings. The standard InChI is InChI=1S/C34H39F2NO6/c1-33(2,3)43-32(40)37(6)28(21-34(4,5)36)30(38)42-29(31(39)41-22-24-10-8-7-9-11-24)20-23-12-14-25(15-13-23)26-16-18-27(35)19-17-26/h7-19,28-29H,20-22H2,1-6H3/t28-,29+/m0/s1. The molecule has 0 saturated heterocycles. The third kappa shape index (κ3) is 10.8. The number of amides is 1. The van der Waals surface area contributed by atoms with Crippen molar-refractivity contribution in [2.45, 2.75) is 77.5 Å². The highest BCUT2D eigenvalue weighted by Crippen LogP contribution is 2.24.